The van der Waals surface area contributed by atoms with Crippen LogP contribution in [0.2, 0.25) is 5.02 Å². The van der Waals surface area contributed by atoms with E-state index in [4.69, 9.17) is 28.6 Å². The van der Waals surface area contributed by atoms with Crippen molar-refractivity contribution in [1.29, 1.82) is 0 Å². The fraction of sp³-hybridized carbons (Fsp3) is 0.417. The Morgan fingerprint density at radius 2 is 2.12 bits per heavy atom. The second kappa shape index (κ2) is 4.44. The number of imidazole rings is 1. The fourth-order valence-corrected chi connectivity index (χ4v) is 3.05. The molecule has 5 heteroatoms. The predicted octanol–water partition coefficient (Wildman–Crippen LogP) is 3.70. The fourth-order valence-electron chi connectivity index (χ4n) is 2.43. The van der Waals surface area contributed by atoms with Crippen LogP contribution in [-0.2, 0) is 4.74 Å². The first-order valence-corrected chi connectivity index (χ1v) is 6.52. The average molecular weight is 269 g/mol. The van der Waals surface area contributed by atoms with E-state index in [0.29, 0.717) is 6.04 Å². The lowest BCUT2D eigenvalue weighted by atomic mass is 10.1. The number of nitrogens with one attached hydrogen (secondary N) is 1. The molecule has 0 radical (unpaired) electrons. The Hall–Kier alpha value is -0.840. The van der Waals surface area contributed by atoms with Crippen LogP contribution in [0.3, 0.4) is 0 Å². The zero-order valence-corrected chi connectivity index (χ0v) is 10.9. The second-order valence-corrected chi connectivity index (χ2v) is 5.07. The molecule has 2 aromatic rings. The van der Waals surface area contributed by atoms with E-state index in [-0.39, 0.29) is 0 Å². The number of aromatic nitrogens is 2. The summed E-state index contributed by atoms with van der Waals surface area (Å²) in [5.41, 5.74) is 2.03. The van der Waals surface area contributed by atoms with Gasteiger partial charge in [-0.25, -0.2) is 0 Å². The van der Waals surface area contributed by atoms with E-state index in [1.165, 1.54) is 0 Å². The lowest BCUT2D eigenvalue weighted by Gasteiger charge is -2.24. The highest BCUT2D eigenvalue weighted by Crippen LogP contribution is 2.30. The minimum absolute atomic E-state index is 0.393. The number of benzene rings is 1. The van der Waals surface area contributed by atoms with Gasteiger partial charge in [0.25, 0.3) is 0 Å². The monoisotopic (exact) mass is 268 g/mol. The average Bonchev–Trinajstić information content (AvgIpc) is 2.68. The molecule has 1 fully saturated rings. The van der Waals surface area contributed by atoms with Crippen molar-refractivity contribution in [2.45, 2.75) is 18.9 Å². The van der Waals surface area contributed by atoms with E-state index < -0.39 is 0 Å². The highest BCUT2D eigenvalue weighted by Gasteiger charge is 2.19. The summed E-state index contributed by atoms with van der Waals surface area (Å²) in [5.74, 6) is 0. The highest BCUT2D eigenvalue weighted by molar-refractivity contribution is 7.71. The summed E-state index contributed by atoms with van der Waals surface area (Å²) in [6.07, 6.45) is 1.99. The van der Waals surface area contributed by atoms with Gasteiger partial charge in [0, 0.05) is 19.3 Å². The maximum Gasteiger partial charge on any atom is 0.178 e. The SMILES string of the molecule is S=c1[nH]c2cccc(Cl)c2n1C1CCOCC1. The van der Waals surface area contributed by atoms with Gasteiger partial charge in [-0.3, -0.25) is 0 Å². The molecule has 1 saturated heterocycles. The molecule has 90 valence electrons. The molecular formula is C12H13ClN2OS. The molecule has 2 heterocycles. The Morgan fingerprint density at radius 1 is 1.35 bits per heavy atom. The number of hydrogen-bond acceptors (Lipinski definition) is 2. The van der Waals surface area contributed by atoms with E-state index >= 15 is 0 Å². The molecule has 1 aromatic heterocycles. The van der Waals surface area contributed by atoms with Crippen molar-refractivity contribution in [2.75, 3.05) is 13.2 Å². The molecule has 1 N–H and O–H groups in total. The third kappa shape index (κ3) is 1.90. The van der Waals surface area contributed by atoms with Gasteiger partial charge < -0.3 is 14.3 Å². The molecule has 0 bridgehead atoms. The van der Waals surface area contributed by atoms with Crippen LogP contribution in [0.1, 0.15) is 18.9 Å². The van der Waals surface area contributed by atoms with Gasteiger partial charge in [0.05, 0.1) is 16.1 Å². The van der Waals surface area contributed by atoms with Crippen molar-refractivity contribution in [3.05, 3.63) is 28.0 Å². The molecule has 1 aliphatic rings. The van der Waals surface area contributed by atoms with E-state index in [9.17, 15) is 0 Å². The first-order chi connectivity index (χ1) is 8.27. The number of fused-ring (bicyclic) bond motifs is 1. The molecule has 1 aliphatic heterocycles. The first kappa shape index (κ1) is 11.3. The zero-order valence-electron chi connectivity index (χ0n) is 9.28. The van der Waals surface area contributed by atoms with Crippen LogP contribution in [0.4, 0.5) is 0 Å². The van der Waals surface area contributed by atoms with Crippen LogP contribution < -0.4 is 0 Å². The van der Waals surface area contributed by atoms with Crippen LogP contribution in [0.25, 0.3) is 11.0 Å². The van der Waals surface area contributed by atoms with Crippen LogP contribution >= 0.6 is 23.8 Å². The van der Waals surface area contributed by atoms with Gasteiger partial charge in [0.1, 0.15) is 0 Å². The predicted molar refractivity (Wildman–Crippen MR) is 71.2 cm³/mol. The molecule has 0 atom stereocenters. The Morgan fingerprint density at radius 3 is 2.88 bits per heavy atom. The number of H-pyrrole nitrogens is 1. The third-order valence-corrected chi connectivity index (χ3v) is 3.85. The minimum Gasteiger partial charge on any atom is -0.381 e. The number of ether oxygens (including phenoxy) is 1. The topological polar surface area (TPSA) is 29.9 Å². The van der Waals surface area contributed by atoms with Gasteiger partial charge in [0.2, 0.25) is 0 Å². The summed E-state index contributed by atoms with van der Waals surface area (Å²) >= 11 is 11.7. The summed E-state index contributed by atoms with van der Waals surface area (Å²) in [6.45, 7) is 1.59. The van der Waals surface area contributed by atoms with Crippen molar-refractivity contribution in [3.63, 3.8) is 0 Å². The van der Waals surface area contributed by atoms with Gasteiger partial charge in [-0.1, -0.05) is 17.7 Å². The maximum absolute atomic E-state index is 6.28. The van der Waals surface area contributed by atoms with Crippen molar-refractivity contribution in [1.82, 2.24) is 9.55 Å². The summed E-state index contributed by atoms with van der Waals surface area (Å²) in [5, 5.41) is 0.751. The summed E-state index contributed by atoms with van der Waals surface area (Å²) < 4.78 is 8.29. The first-order valence-electron chi connectivity index (χ1n) is 5.74. The standard InChI is InChI=1S/C12H13ClN2OS/c13-9-2-1-3-10-11(9)15(12(17)14-10)8-4-6-16-7-5-8/h1-3,8H,4-7H2,(H,14,17). The van der Waals surface area contributed by atoms with Gasteiger partial charge in [-0.05, 0) is 37.2 Å². The molecule has 0 unspecified atom stereocenters. The van der Waals surface area contributed by atoms with E-state index in [1.807, 2.05) is 18.2 Å². The number of nitrogens with zero attached hydrogens (tertiary/aromatic N) is 1. The van der Waals surface area contributed by atoms with Gasteiger partial charge in [-0.15, -0.1) is 0 Å². The number of hydrogen-bond donors (Lipinski definition) is 1. The smallest absolute Gasteiger partial charge is 0.178 e. The third-order valence-electron chi connectivity index (χ3n) is 3.24. The van der Waals surface area contributed by atoms with Crippen LogP contribution in [-0.4, -0.2) is 22.8 Å². The maximum atomic E-state index is 6.28. The second-order valence-electron chi connectivity index (χ2n) is 4.28. The molecule has 0 spiro atoms. The van der Waals surface area contributed by atoms with Gasteiger partial charge >= 0.3 is 0 Å². The normalized spacial score (nSPS) is 17.7. The van der Waals surface area contributed by atoms with E-state index in [0.717, 1.165) is 46.9 Å². The Kier molecular flexibility index (Phi) is 2.94. The number of rotatable bonds is 1. The lowest BCUT2D eigenvalue weighted by Crippen LogP contribution is -2.19. The number of halogens is 1. The van der Waals surface area contributed by atoms with Crippen molar-refractivity contribution in [3.8, 4) is 0 Å². The summed E-state index contributed by atoms with van der Waals surface area (Å²) in [4.78, 5) is 3.22. The highest BCUT2D eigenvalue weighted by atomic mass is 35.5. The Labute approximate surface area is 109 Å². The van der Waals surface area contributed by atoms with Crippen molar-refractivity contribution >= 4 is 34.9 Å². The van der Waals surface area contributed by atoms with E-state index in [1.54, 1.807) is 0 Å². The van der Waals surface area contributed by atoms with Crippen molar-refractivity contribution in [2.24, 2.45) is 0 Å². The minimum atomic E-state index is 0.393. The molecule has 1 aromatic carbocycles. The van der Waals surface area contributed by atoms with Crippen molar-refractivity contribution < 1.29 is 4.74 Å². The number of para-hydroxylation sites is 1. The molecular weight excluding hydrogens is 256 g/mol. The molecule has 3 nitrogen and oxygen atoms in total. The largest absolute Gasteiger partial charge is 0.381 e. The molecule has 0 aliphatic carbocycles. The molecule has 0 amide bonds. The Bertz CT molecular complexity index is 598. The van der Waals surface area contributed by atoms with Gasteiger partial charge in [-0.2, -0.15) is 0 Å². The van der Waals surface area contributed by atoms with Crippen LogP contribution in [0.15, 0.2) is 18.2 Å². The lowest BCUT2D eigenvalue weighted by molar-refractivity contribution is 0.0702. The van der Waals surface area contributed by atoms with Crippen LogP contribution in [0.5, 0.6) is 0 Å². The van der Waals surface area contributed by atoms with Gasteiger partial charge in [0.15, 0.2) is 4.77 Å². The summed E-state index contributed by atoms with van der Waals surface area (Å²) in [6, 6.07) is 6.24. The van der Waals surface area contributed by atoms with E-state index in [2.05, 4.69) is 9.55 Å². The Balaban J connectivity index is 2.20. The molecule has 0 saturated carbocycles. The quantitative estimate of drug-likeness (QED) is 0.799. The zero-order chi connectivity index (χ0) is 11.8. The van der Waals surface area contributed by atoms with Crippen LogP contribution in [0, 0.1) is 4.77 Å². The number of aromatic amines is 1. The molecule has 17 heavy (non-hydrogen) atoms. The summed E-state index contributed by atoms with van der Waals surface area (Å²) in [7, 11) is 0. The molecule has 3 rings (SSSR count).